The predicted octanol–water partition coefficient (Wildman–Crippen LogP) is 3.10. The number of hydrogen-bond acceptors (Lipinski definition) is 1. The number of fused-ring (bicyclic) bond motifs is 1. The number of alkyl halides is 1. The van der Waals surface area contributed by atoms with Crippen molar-refractivity contribution in [3.63, 3.8) is 0 Å². The SMILES string of the molecule is CCn1c(CCl)nc2c(C)cccc21. The molecule has 74 valence electrons. The van der Waals surface area contributed by atoms with Gasteiger partial charge in [-0.05, 0) is 25.5 Å². The maximum atomic E-state index is 5.85. The van der Waals surface area contributed by atoms with Crippen molar-refractivity contribution in [2.75, 3.05) is 0 Å². The molecule has 3 heteroatoms. The molecule has 0 saturated heterocycles. The van der Waals surface area contributed by atoms with Gasteiger partial charge in [-0.1, -0.05) is 12.1 Å². The van der Waals surface area contributed by atoms with Crippen molar-refractivity contribution in [1.82, 2.24) is 9.55 Å². The molecule has 2 aromatic rings. The lowest BCUT2D eigenvalue weighted by atomic mass is 10.2. The number of rotatable bonds is 2. The normalized spacial score (nSPS) is 11.1. The summed E-state index contributed by atoms with van der Waals surface area (Å²) in [6.07, 6.45) is 0. The van der Waals surface area contributed by atoms with Crippen LogP contribution in [0.3, 0.4) is 0 Å². The Bertz CT molecular complexity index is 460. The topological polar surface area (TPSA) is 17.8 Å². The number of imidazole rings is 1. The van der Waals surface area contributed by atoms with Crippen LogP contribution in [0.1, 0.15) is 18.3 Å². The summed E-state index contributed by atoms with van der Waals surface area (Å²) < 4.78 is 2.16. The molecule has 1 aromatic carbocycles. The first-order valence-corrected chi connectivity index (χ1v) is 5.32. The molecular formula is C11H13ClN2. The summed E-state index contributed by atoms with van der Waals surface area (Å²) in [5.74, 6) is 1.43. The number of nitrogens with zero attached hydrogens (tertiary/aromatic N) is 2. The summed E-state index contributed by atoms with van der Waals surface area (Å²) in [4.78, 5) is 4.53. The van der Waals surface area contributed by atoms with E-state index in [1.54, 1.807) is 0 Å². The molecule has 0 fully saturated rings. The summed E-state index contributed by atoms with van der Waals surface area (Å²) in [6, 6.07) is 6.23. The lowest BCUT2D eigenvalue weighted by molar-refractivity contribution is 0.747. The van der Waals surface area contributed by atoms with Gasteiger partial charge in [-0.2, -0.15) is 0 Å². The number of halogens is 1. The summed E-state index contributed by atoms with van der Waals surface area (Å²) in [5, 5.41) is 0. The molecule has 1 heterocycles. The Kier molecular flexibility index (Phi) is 2.46. The Morgan fingerprint density at radius 1 is 1.43 bits per heavy atom. The fourth-order valence-electron chi connectivity index (χ4n) is 1.79. The Hall–Kier alpha value is -1.02. The third-order valence-corrected chi connectivity index (χ3v) is 2.73. The fraction of sp³-hybridized carbons (Fsp3) is 0.364. The molecule has 0 bridgehead atoms. The van der Waals surface area contributed by atoms with Crippen LogP contribution in [-0.2, 0) is 12.4 Å². The summed E-state index contributed by atoms with van der Waals surface area (Å²) in [7, 11) is 0. The molecular weight excluding hydrogens is 196 g/mol. The second-order valence-electron chi connectivity index (χ2n) is 3.35. The first-order valence-electron chi connectivity index (χ1n) is 4.78. The van der Waals surface area contributed by atoms with Crippen LogP contribution in [0.4, 0.5) is 0 Å². The van der Waals surface area contributed by atoms with E-state index in [4.69, 9.17) is 11.6 Å². The van der Waals surface area contributed by atoms with Gasteiger partial charge in [-0.3, -0.25) is 0 Å². The summed E-state index contributed by atoms with van der Waals surface area (Å²) in [5.41, 5.74) is 3.47. The van der Waals surface area contributed by atoms with Crippen molar-refractivity contribution in [2.45, 2.75) is 26.3 Å². The van der Waals surface area contributed by atoms with Crippen LogP contribution in [-0.4, -0.2) is 9.55 Å². The van der Waals surface area contributed by atoms with E-state index in [-0.39, 0.29) is 0 Å². The fourth-order valence-corrected chi connectivity index (χ4v) is 1.99. The molecule has 2 nitrogen and oxygen atoms in total. The highest BCUT2D eigenvalue weighted by Gasteiger charge is 2.09. The van der Waals surface area contributed by atoms with E-state index < -0.39 is 0 Å². The van der Waals surface area contributed by atoms with Crippen LogP contribution in [0, 0.1) is 6.92 Å². The van der Waals surface area contributed by atoms with E-state index in [9.17, 15) is 0 Å². The minimum Gasteiger partial charge on any atom is -0.327 e. The largest absolute Gasteiger partial charge is 0.327 e. The molecule has 0 aliphatic heterocycles. The molecule has 0 radical (unpaired) electrons. The molecule has 0 saturated carbocycles. The Balaban J connectivity index is 2.79. The van der Waals surface area contributed by atoms with Crippen LogP contribution in [0.2, 0.25) is 0 Å². The highest BCUT2D eigenvalue weighted by Crippen LogP contribution is 2.20. The third kappa shape index (κ3) is 1.30. The zero-order valence-corrected chi connectivity index (χ0v) is 9.17. The van der Waals surface area contributed by atoms with E-state index in [2.05, 4.69) is 41.6 Å². The number of aryl methyl sites for hydroxylation is 2. The van der Waals surface area contributed by atoms with Gasteiger partial charge in [0, 0.05) is 6.54 Å². The number of hydrogen-bond donors (Lipinski definition) is 0. The smallest absolute Gasteiger partial charge is 0.124 e. The minimum atomic E-state index is 0.474. The van der Waals surface area contributed by atoms with Crippen molar-refractivity contribution in [2.24, 2.45) is 0 Å². The van der Waals surface area contributed by atoms with Crippen molar-refractivity contribution in [3.8, 4) is 0 Å². The van der Waals surface area contributed by atoms with Crippen LogP contribution >= 0.6 is 11.6 Å². The van der Waals surface area contributed by atoms with Crippen molar-refractivity contribution < 1.29 is 0 Å². The number of benzene rings is 1. The zero-order chi connectivity index (χ0) is 10.1. The van der Waals surface area contributed by atoms with Gasteiger partial charge in [0.05, 0.1) is 16.9 Å². The predicted molar refractivity (Wildman–Crippen MR) is 59.7 cm³/mol. The molecule has 14 heavy (non-hydrogen) atoms. The molecule has 0 atom stereocenters. The van der Waals surface area contributed by atoms with E-state index in [1.807, 2.05) is 0 Å². The monoisotopic (exact) mass is 208 g/mol. The van der Waals surface area contributed by atoms with Crippen molar-refractivity contribution in [3.05, 3.63) is 29.6 Å². The van der Waals surface area contributed by atoms with Gasteiger partial charge in [0.15, 0.2) is 0 Å². The summed E-state index contributed by atoms with van der Waals surface area (Å²) in [6.45, 7) is 5.11. The third-order valence-electron chi connectivity index (χ3n) is 2.50. The van der Waals surface area contributed by atoms with Crippen LogP contribution in [0.15, 0.2) is 18.2 Å². The quantitative estimate of drug-likeness (QED) is 0.694. The molecule has 2 rings (SSSR count). The van der Waals surface area contributed by atoms with Gasteiger partial charge in [0.25, 0.3) is 0 Å². The molecule has 0 amide bonds. The van der Waals surface area contributed by atoms with Crippen molar-refractivity contribution >= 4 is 22.6 Å². The Labute approximate surface area is 88.5 Å². The lowest BCUT2D eigenvalue weighted by Gasteiger charge is -2.02. The molecule has 0 N–H and O–H groups in total. The van der Waals surface area contributed by atoms with Gasteiger partial charge < -0.3 is 4.57 Å². The Morgan fingerprint density at radius 3 is 2.86 bits per heavy atom. The second-order valence-corrected chi connectivity index (χ2v) is 3.62. The average Bonchev–Trinajstić information content (AvgIpc) is 2.57. The maximum Gasteiger partial charge on any atom is 0.124 e. The molecule has 0 spiro atoms. The lowest BCUT2D eigenvalue weighted by Crippen LogP contribution is -1.98. The summed E-state index contributed by atoms with van der Waals surface area (Å²) >= 11 is 5.85. The van der Waals surface area contributed by atoms with Gasteiger partial charge in [0.2, 0.25) is 0 Å². The van der Waals surface area contributed by atoms with Gasteiger partial charge in [-0.15, -0.1) is 11.6 Å². The first-order chi connectivity index (χ1) is 6.77. The number of aromatic nitrogens is 2. The van der Waals surface area contributed by atoms with Crippen LogP contribution < -0.4 is 0 Å². The van der Waals surface area contributed by atoms with Crippen LogP contribution in [0.5, 0.6) is 0 Å². The highest BCUT2D eigenvalue weighted by atomic mass is 35.5. The van der Waals surface area contributed by atoms with Gasteiger partial charge >= 0.3 is 0 Å². The highest BCUT2D eigenvalue weighted by molar-refractivity contribution is 6.16. The van der Waals surface area contributed by atoms with Crippen LogP contribution in [0.25, 0.3) is 11.0 Å². The zero-order valence-electron chi connectivity index (χ0n) is 8.42. The number of para-hydroxylation sites is 1. The van der Waals surface area contributed by atoms with Gasteiger partial charge in [0.1, 0.15) is 5.82 Å². The Morgan fingerprint density at radius 2 is 2.21 bits per heavy atom. The minimum absolute atomic E-state index is 0.474. The maximum absolute atomic E-state index is 5.85. The average molecular weight is 209 g/mol. The van der Waals surface area contributed by atoms with E-state index in [0.717, 1.165) is 17.9 Å². The van der Waals surface area contributed by atoms with E-state index in [0.29, 0.717) is 5.88 Å². The standard InChI is InChI=1S/C11H13ClN2/c1-3-14-9-6-4-5-8(2)11(9)13-10(14)7-12/h4-6H,3,7H2,1-2H3. The molecule has 0 aliphatic rings. The van der Waals surface area contributed by atoms with E-state index >= 15 is 0 Å². The van der Waals surface area contributed by atoms with Crippen molar-refractivity contribution in [1.29, 1.82) is 0 Å². The second kappa shape index (κ2) is 3.62. The van der Waals surface area contributed by atoms with Gasteiger partial charge in [-0.25, -0.2) is 4.98 Å². The first kappa shape index (κ1) is 9.53. The molecule has 1 aromatic heterocycles. The molecule has 0 unspecified atom stereocenters. The molecule has 0 aliphatic carbocycles. The van der Waals surface area contributed by atoms with E-state index in [1.165, 1.54) is 11.1 Å².